The molecule has 4 heterocycles. The second-order valence-corrected chi connectivity index (χ2v) is 23.3. The number of halogens is 3. The van der Waals surface area contributed by atoms with Gasteiger partial charge in [-0.15, -0.1) is 0 Å². The lowest BCUT2D eigenvalue weighted by molar-refractivity contribution is -0.192. The van der Waals surface area contributed by atoms with Crippen molar-refractivity contribution in [3.8, 4) is 5.75 Å². The van der Waals surface area contributed by atoms with Crippen LogP contribution in [0.5, 0.6) is 5.75 Å². The maximum Gasteiger partial charge on any atom is 0.490 e. The molecule has 2 aliphatic heterocycles. The van der Waals surface area contributed by atoms with Crippen molar-refractivity contribution >= 4 is 81.9 Å². The first-order valence-electron chi connectivity index (χ1n) is 30.3. The molecule has 506 valence electrons. The number of H-pyrrole nitrogens is 2. The van der Waals surface area contributed by atoms with Gasteiger partial charge in [0.05, 0.1) is 12.0 Å². The Morgan fingerprint density at radius 1 is 0.753 bits per heavy atom. The predicted molar refractivity (Wildman–Crippen MR) is 332 cm³/mol. The summed E-state index contributed by atoms with van der Waals surface area (Å²) in [5, 5.41) is 42.3. The van der Waals surface area contributed by atoms with Crippen LogP contribution in [0.15, 0.2) is 84.5 Å². The lowest BCUT2D eigenvalue weighted by atomic mass is 9.98. The van der Waals surface area contributed by atoms with Gasteiger partial charge in [0.25, 0.3) is 5.91 Å². The number of alkyl halides is 3. The van der Waals surface area contributed by atoms with Crippen LogP contribution in [-0.2, 0) is 72.0 Å². The standard InChI is InChI=1S/C59H82N16O11.C2HF3O2/c1-7-63-57(85)48-15-11-23-75(48)58(86)42(14-10-22-64-59(60)61)69-53(81)43(24-32(2)3)71-54(82)44(25-33(4)5)72-55(83)45(26-35-16-18-38(76)19-17-35)70-50(78)34(6)67-52(80)46(27-36-29-65-40-13-9-8-12-39(36)40)73-56(84)47(28-37-30-62-31-66-37)74-51(79)41-20-21-49(77)68-41;3-2(4,5)1(6)7/h8-9,12-13,16-19,29-33,41-48,65,76H,6-7,10-11,14-15,20-28H2,1-5H3,(H,62,66)(H,63,85)(H,67,80)(H,68,77)(H,69,81)(H,70,78)(H,71,82)(H,72,83)(H,73,84)(H,74,79)(H4,60,61,64);(H,6,7)/t41-,42-,43-,44+,45-,46-,47-,48-;/m0./s1. The number of aromatic nitrogens is 3. The number of aliphatic carboxylic acids is 1. The molecule has 2 aliphatic rings. The Bertz CT molecular complexity index is 3320. The molecule has 2 aromatic heterocycles. The number of carboxylic acid groups (broad SMARTS) is 1. The maximum absolute atomic E-state index is 14.6. The summed E-state index contributed by atoms with van der Waals surface area (Å²) in [6.07, 6.45) is 0.948. The lowest BCUT2D eigenvalue weighted by Crippen LogP contribution is -2.60. The molecule has 0 bridgehead atoms. The zero-order chi connectivity index (χ0) is 68.7. The number of aromatic hydroxyl groups is 1. The molecule has 0 radical (unpaired) electrons. The predicted octanol–water partition coefficient (Wildman–Crippen LogP) is 0.348. The van der Waals surface area contributed by atoms with Crippen LogP contribution in [-0.4, -0.2) is 175 Å². The van der Waals surface area contributed by atoms with E-state index in [9.17, 15) is 66.2 Å². The molecule has 2 fully saturated rings. The molecule has 29 nitrogen and oxygen atoms in total. The molecule has 6 rings (SSSR count). The zero-order valence-corrected chi connectivity index (χ0v) is 52.2. The molecular weight excluding hydrogens is 1220 g/mol. The Morgan fingerprint density at radius 3 is 1.89 bits per heavy atom. The Morgan fingerprint density at radius 2 is 1.33 bits per heavy atom. The Kier molecular flexibility index (Phi) is 27.7. The van der Waals surface area contributed by atoms with Gasteiger partial charge in [0, 0.05) is 74.3 Å². The number of hydrogen-bond acceptors (Lipinski definition) is 14. The number of benzene rings is 2. The maximum atomic E-state index is 14.6. The van der Waals surface area contributed by atoms with Crippen LogP contribution >= 0.6 is 0 Å². The van der Waals surface area contributed by atoms with E-state index in [0.717, 1.165) is 10.9 Å². The number of aliphatic imine (C=N–C) groups is 1. The summed E-state index contributed by atoms with van der Waals surface area (Å²) in [7, 11) is 0. The summed E-state index contributed by atoms with van der Waals surface area (Å²) < 4.78 is 31.7. The summed E-state index contributed by atoms with van der Waals surface area (Å²) in [6, 6.07) is 3.66. The van der Waals surface area contributed by atoms with E-state index in [1.54, 1.807) is 19.2 Å². The molecule has 93 heavy (non-hydrogen) atoms. The van der Waals surface area contributed by atoms with Crippen molar-refractivity contribution < 1.29 is 76.1 Å². The van der Waals surface area contributed by atoms with E-state index >= 15 is 0 Å². The van der Waals surface area contributed by atoms with Crippen molar-refractivity contribution in [2.75, 3.05) is 19.6 Å². The van der Waals surface area contributed by atoms with Gasteiger partial charge in [-0.3, -0.25) is 52.9 Å². The van der Waals surface area contributed by atoms with Crippen LogP contribution < -0.4 is 59.3 Å². The van der Waals surface area contributed by atoms with Crippen molar-refractivity contribution in [1.29, 1.82) is 0 Å². The van der Waals surface area contributed by atoms with Crippen LogP contribution in [0.4, 0.5) is 13.2 Å². The van der Waals surface area contributed by atoms with E-state index in [1.807, 2.05) is 45.9 Å². The number of phenols is 1. The first kappa shape index (κ1) is 73.7. The van der Waals surface area contributed by atoms with Gasteiger partial charge >= 0.3 is 12.1 Å². The topological polar surface area (TPSA) is 449 Å². The number of nitrogens with one attached hydrogen (secondary N) is 11. The number of likely N-dealkylation sites (tertiary alicyclic amines) is 1. The molecule has 0 saturated carbocycles. The van der Waals surface area contributed by atoms with E-state index in [0.29, 0.717) is 36.2 Å². The van der Waals surface area contributed by atoms with Crippen molar-refractivity contribution in [3.05, 3.63) is 96.3 Å². The number of imidazole rings is 1. The number of fused-ring (bicyclic) bond motifs is 1. The quantitative estimate of drug-likeness (QED) is 0.0140. The molecule has 0 aliphatic carbocycles. The normalized spacial score (nSPS) is 16.4. The third-order valence-electron chi connectivity index (χ3n) is 14.9. The minimum atomic E-state index is -5.08. The summed E-state index contributed by atoms with van der Waals surface area (Å²) in [5.41, 5.74) is 12.9. The highest BCUT2D eigenvalue weighted by molar-refractivity contribution is 6.03. The lowest BCUT2D eigenvalue weighted by Gasteiger charge is -2.30. The number of amides is 10. The van der Waals surface area contributed by atoms with E-state index in [1.165, 1.54) is 41.7 Å². The van der Waals surface area contributed by atoms with Crippen LogP contribution in [0.2, 0.25) is 0 Å². The fraction of sp³-hybridized carbons (Fsp3) is 0.492. The molecule has 2 aromatic carbocycles. The van der Waals surface area contributed by atoms with Gasteiger partial charge in [0.15, 0.2) is 5.96 Å². The van der Waals surface area contributed by atoms with E-state index < -0.39 is 113 Å². The average Bonchev–Trinajstić information content (AvgIpc) is 1.92. The number of hydrogen-bond donors (Lipinski definition) is 15. The highest BCUT2D eigenvalue weighted by Crippen LogP contribution is 2.23. The molecule has 0 unspecified atom stereocenters. The number of nitrogens with two attached hydrogens (primary N) is 2. The fourth-order valence-corrected chi connectivity index (χ4v) is 10.3. The zero-order valence-electron chi connectivity index (χ0n) is 52.2. The molecule has 17 N–H and O–H groups in total. The SMILES string of the molecule is C=C(NC(=O)[C@H](Cc1c[nH]c2ccccc12)NC(=O)[C@H](Cc1cnc[nH]1)NC(=O)[C@@H]1CCC(=O)N1)C(=O)N[C@@H](Cc1ccc(O)cc1)C(=O)N[C@H](CC(C)C)C(=O)N[C@@H](CC(C)C)C(=O)N[C@@H](CCCN=C(N)N)C(=O)N1CCC[C@H]1C(=O)NCC.O=C(O)C(F)(F)F. The number of carboxylic acids is 1. The number of carbonyl (C=O) groups excluding carboxylic acids is 10. The van der Waals surface area contributed by atoms with E-state index in [2.05, 4.69) is 74.4 Å². The Balaban J connectivity index is 0.00000211. The second-order valence-electron chi connectivity index (χ2n) is 23.3. The third kappa shape index (κ3) is 23.3. The number of para-hydroxylation sites is 1. The smallest absolute Gasteiger partial charge is 0.490 e. The van der Waals surface area contributed by atoms with Gasteiger partial charge in [-0.1, -0.05) is 64.6 Å². The van der Waals surface area contributed by atoms with Crippen LogP contribution in [0.1, 0.15) is 103 Å². The van der Waals surface area contributed by atoms with Gasteiger partial charge in [0.2, 0.25) is 53.2 Å². The molecule has 0 spiro atoms. The summed E-state index contributed by atoms with van der Waals surface area (Å²) in [6.45, 7) is 13.7. The van der Waals surface area contributed by atoms with Crippen LogP contribution in [0, 0.1) is 11.8 Å². The van der Waals surface area contributed by atoms with Gasteiger partial charge in [0.1, 0.15) is 54.1 Å². The minimum absolute atomic E-state index is 0.0609. The first-order chi connectivity index (χ1) is 43.9. The molecular formula is C61H83F3N16O13. The number of nitrogens with zero attached hydrogens (tertiary/aromatic N) is 3. The molecule has 2 saturated heterocycles. The minimum Gasteiger partial charge on any atom is -0.508 e. The fourth-order valence-electron chi connectivity index (χ4n) is 10.3. The first-order valence-corrected chi connectivity index (χ1v) is 30.3. The molecule has 4 aromatic rings. The number of likely N-dealkylation sites (N-methyl/N-ethyl adjacent to an activating group) is 1. The van der Waals surface area contributed by atoms with E-state index in [4.69, 9.17) is 21.4 Å². The van der Waals surface area contributed by atoms with Crippen LogP contribution in [0.25, 0.3) is 10.9 Å². The average molecular weight is 1310 g/mol. The summed E-state index contributed by atoms with van der Waals surface area (Å²) in [4.78, 5) is 164. The summed E-state index contributed by atoms with van der Waals surface area (Å²) >= 11 is 0. The Hall–Kier alpha value is -10.0. The molecule has 8 atom stereocenters. The van der Waals surface area contributed by atoms with Gasteiger partial charge in [-0.05, 0) is 93.0 Å². The number of guanidine groups is 1. The van der Waals surface area contributed by atoms with Crippen molar-refractivity contribution in [2.24, 2.45) is 28.3 Å². The number of phenolic OH excluding ortho intramolecular Hbond substituents is 1. The number of rotatable bonds is 31. The van der Waals surface area contributed by atoms with Gasteiger partial charge in [-0.25, -0.2) is 9.78 Å². The van der Waals surface area contributed by atoms with Gasteiger partial charge in [-0.2, -0.15) is 13.2 Å². The number of carbonyl (C=O) groups is 11. The van der Waals surface area contributed by atoms with Crippen molar-refractivity contribution in [1.82, 2.24) is 67.7 Å². The summed E-state index contributed by atoms with van der Waals surface area (Å²) in [5.74, 6) is -10.1. The highest BCUT2D eigenvalue weighted by Gasteiger charge is 2.40. The van der Waals surface area contributed by atoms with Crippen molar-refractivity contribution in [2.45, 2.75) is 160 Å². The second kappa shape index (κ2) is 35.0. The number of aromatic amines is 2. The van der Waals surface area contributed by atoms with Crippen LogP contribution in [0.3, 0.4) is 0 Å². The van der Waals surface area contributed by atoms with E-state index in [-0.39, 0.29) is 106 Å². The monoisotopic (exact) mass is 1300 g/mol. The Labute approximate surface area is 533 Å². The molecule has 32 heteroatoms. The van der Waals surface area contributed by atoms with Crippen molar-refractivity contribution in [3.63, 3.8) is 0 Å². The van der Waals surface area contributed by atoms with Gasteiger partial charge < -0.3 is 84.4 Å². The molecule has 10 amide bonds. The largest absolute Gasteiger partial charge is 0.508 e. The highest BCUT2D eigenvalue weighted by atomic mass is 19.4. The third-order valence-corrected chi connectivity index (χ3v) is 14.9.